The van der Waals surface area contributed by atoms with Crippen molar-refractivity contribution >= 4 is 11.9 Å². The number of likely N-dealkylation sites (tertiary alicyclic amines) is 1. The highest BCUT2D eigenvalue weighted by Gasteiger charge is 2.17. The van der Waals surface area contributed by atoms with Gasteiger partial charge in [0.05, 0.1) is 19.7 Å². The van der Waals surface area contributed by atoms with Crippen LogP contribution in [0.4, 0.5) is 0 Å². The lowest BCUT2D eigenvalue weighted by Gasteiger charge is -2.17. The smallest absolute Gasteiger partial charge is 0.241 e. The number of rotatable bonds is 9. The summed E-state index contributed by atoms with van der Waals surface area (Å²) in [5, 5.41) is 6.30. The summed E-state index contributed by atoms with van der Waals surface area (Å²) in [7, 11) is 0. The number of ether oxygens (including phenoxy) is 2. The van der Waals surface area contributed by atoms with Crippen molar-refractivity contribution in [3.8, 4) is 17.4 Å². The van der Waals surface area contributed by atoms with Gasteiger partial charge < -0.3 is 25.0 Å². The second-order valence-electron chi connectivity index (χ2n) is 7.15. The van der Waals surface area contributed by atoms with E-state index in [1.54, 1.807) is 6.20 Å². The minimum atomic E-state index is 0.109. The Morgan fingerprint density at radius 3 is 2.55 bits per heavy atom. The summed E-state index contributed by atoms with van der Waals surface area (Å²) in [6.07, 6.45) is 3.87. The fraction of sp³-hybridized carbons (Fsp3) is 0.435. The first-order valence-electron chi connectivity index (χ1n) is 10.8. The number of benzene rings is 1. The molecule has 1 amide bonds. The summed E-state index contributed by atoms with van der Waals surface area (Å²) in [5.74, 6) is 2.71. The molecule has 1 aromatic carbocycles. The maximum Gasteiger partial charge on any atom is 0.241 e. The van der Waals surface area contributed by atoms with Crippen molar-refractivity contribution in [1.29, 1.82) is 0 Å². The fourth-order valence-electron chi connectivity index (χ4n) is 3.25. The number of carbonyl (C=O) groups is 1. The van der Waals surface area contributed by atoms with Crippen molar-refractivity contribution < 1.29 is 14.3 Å². The predicted octanol–water partition coefficient (Wildman–Crippen LogP) is 2.95. The molecule has 0 atom stereocenters. The number of aliphatic imine (C=N–C) groups is 1. The quantitative estimate of drug-likeness (QED) is 0.474. The molecule has 31 heavy (non-hydrogen) atoms. The zero-order valence-corrected chi connectivity index (χ0v) is 18.3. The van der Waals surface area contributed by atoms with Crippen LogP contribution in [0.5, 0.6) is 17.4 Å². The van der Waals surface area contributed by atoms with Crippen LogP contribution in [0.25, 0.3) is 0 Å². The van der Waals surface area contributed by atoms with Gasteiger partial charge in [0.15, 0.2) is 5.96 Å². The highest BCUT2D eigenvalue weighted by molar-refractivity contribution is 5.86. The molecular formula is C23H31N5O3. The van der Waals surface area contributed by atoms with Gasteiger partial charge in [-0.3, -0.25) is 4.79 Å². The highest BCUT2D eigenvalue weighted by atomic mass is 16.5. The van der Waals surface area contributed by atoms with E-state index in [-0.39, 0.29) is 12.5 Å². The first kappa shape index (κ1) is 22.4. The van der Waals surface area contributed by atoms with Gasteiger partial charge >= 0.3 is 0 Å². The van der Waals surface area contributed by atoms with Crippen LogP contribution in [0, 0.1) is 0 Å². The summed E-state index contributed by atoms with van der Waals surface area (Å²) in [6.45, 7) is 7.67. The van der Waals surface area contributed by atoms with E-state index in [0.717, 1.165) is 37.2 Å². The molecule has 1 aliphatic rings. The number of amides is 1. The standard InChI is InChI=1S/C23H31N5O3/c1-3-24-23(27-17-22(29)28-13-5-6-14-28)26-16-18-11-12-25-21(15-18)31-20-9-7-19(8-10-20)30-4-2/h7-12,15H,3-6,13-14,16-17H2,1-2H3,(H2,24,26,27). The van der Waals surface area contributed by atoms with Crippen LogP contribution in [-0.4, -0.2) is 54.5 Å². The first-order valence-corrected chi connectivity index (χ1v) is 10.8. The number of guanidine groups is 1. The lowest BCUT2D eigenvalue weighted by molar-refractivity contribution is -0.128. The number of hydrogen-bond acceptors (Lipinski definition) is 5. The van der Waals surface area contributed by atoms with E-state index < -0.39 is 0 Å². The molecule has 0 spiro atoms. The molecule has 2 aromatic rings. The molecule has 1 aromatic heterocycles. The summed E-state index contributed by atoms with van der Waals surface area (Å²) in [4.78, 5) is 23.0. The van der Waals surface area contributed by atoms with E-state index in [9.17, 15) is 4.79 Å². The number of nitrogens with zero attached hydrogens (tertiary/aromatic N) is 3. The molecule has 8 nitrogen and oxygen atoms in total. The molecule has 0 unspecified atom stereocenters. The lowest BCUT2D eigenvalue weighted by atomic mass is 10.2. The number of nitrogens with one attached hydrogen (secondary N) is 2. The van der Waals surface area contributed by atoms with E-state index in [4.69, 9.17) is 9.47 Å². The average Bonchev–Trinajstić information content (AvgIpc) is 3.32. The van der Waals surface area contributed by atoms with Crippen molar-refractivity contribution in [3.63, 3.8) is 0 Å². The Labute approximate surface area is 183 Å². The SMILES string of the molecule is CCNC(=NCc1ccnc(Oc2ccc(OCC)cc2)c1)NCC(=O)N1CCCC1. The van der Waals surface area contributed by atoms with Crippen LogP contribution in [-0.2, 0) is 11.3 Å². The third kappa shape index (κ3) is 7.16. The normalized spacial score (nSPS) is 13.7. The van der Waals surface area contributed by atoms with E-state index >= 15 is 0 Å². The van der Waals surface area contributed by atoms with Gasteiger partial charge in [0.1, 0.15) is 11.5 Å². The molecule has 1 saturated heterocycles. The van der Waals surface area contributed by atoms with Gasteiger partial charge in [-0.2, -0.15) is 0 Å². The van der Waals surface area contributed by atoms with E-state index in [2.05, 4.69) is 20.6 Å². The Bertz CT molecular complexity index is 864. The highest BCUT2D eigenvalue weighted by Crippen LogP contribution is 2.23. The number of hydrogen-bond donors (Lipinski definition) is 2. The summed E-state index contributed by atoms with van der Waals surface area (Å²) in [6, 6.07) is 11.2. The third-order valence-electron chi connectivity index (χ3n) is 4.79. The van der Waals surface area contributed by atoms with Crippen LogP contribution < -0.4 is 20.1 Å². The Hall–Kier alpha value is -3.29. The molecule has 8 heteroatoms. The van der Waals surface area contributed by atoms with Gasteiger partial charge in [-0.1, -0.05) is 0 Å². The Kier molecular flexibility index (Phi) is 8.51. The average molecular weight is 426 g/mol. The van der Waals surface area contributed by atoms with Crippen LogP contribution in [0.15, 0.2) is 47.6 Å². The molecule has 3 rings (SSSR count). The lowest BCUT2D eigenvalue weighted by Crippen LogP contribution is -2.44. The van der Waals surface area contributed by atoms with E-state index in [1.165, 1.54) is 0 Å². The van der Waals surface area contributed by atoms with Gasteiger partial charge in [-0.15, -0.1) is 0 Å². The topological polar surface area (TPSA) is 88.1 Å². The minimum Gasteiger partial charge on any atom is -0.494 e. The molecule has 166 valence electrons. The zero-order valence-electron chi connectivity index (χ0n) is 18.3. The van der Waals surface area contributed by atoms with Crippen molar-refractivity contribution in [3.05, 3.63) is 48.2 Å². The number of pyridine rings is 1. The molecule has 2 N–H and O–H groups in total. The van der Waals surface area contributed by atoms with Crippen molar-refractivity contribution in [1.82, 2.24) is 20.5 Å². The molecule has 2 heterocycles. The molecule has 1 fully saturated rings. The molecule has 0 aliphatic carbocycles. The second kappa shape index (κ2) is 11.8. The van der Waals surface area contributed by atoms with Crippen LogP contribution >= 0.6 is 0 Å². The molecular weight excluding hydrogens is 394 g/mol. The van der Waals surface area contributed by atoms with Crippen LogP contribution in [0.2, 0.25) is 0 Å². The van der Waals surface area contributed by atoms with E-state index in [0.29, 0.717) is 37.3 Å². The van der Waals surface area contributed by atoms with Gasteiger partial charge in [-0.25, -0.2) is 9.98 Å². The summed E-state index contributed by atoms with van der Waals surface area (Å²) >= 11 is 0. The summed E-state index contributed by atoms with van der Waals surface area (Å²) < 4.78 is 11.3. The molecule has 0 saturated carbocycles. The first-order chi connectivity index (χ1) is 15.2. The number of carbonyl (C=O) groups excluding carboxylic acids is 1. The fourth-order valence-corrected chi connectivity index (χ4v) is 3.25. The van der Waals surface area contributed by atoms with Crippen molar-refractivity contribution in [2.75, 3.05) is 32.8 Å². The molecule has 1 aliphatic heterocycles. The molecule has 0 bridgehead atoms. The maximum atomic E-state index is 12.3. The third-order valence-corrected chi connectivity index (χ3v) is 4.79. The maximum absolute atomic E-state index is 12.3. The largest absolute Gasteiger partial charge is 0.494 e. The zero-order chi connectivity index (χ0) is 21.9. The molecule has 0 radical (unpaired) electrons. The van der Waals surface area contributed by atoms with E-state index in [1.807, 2.05) is 55.1 Å². The van der Waals surface area contributed by atoms with Gasteiger partial charge in [0.25, 0.3) is 0 Å². The summed E-state index contributed by atoms with van der Waals surface area (Å²) in [5.41, 5.74) is 0.957. The van der Waals surface area contributed by atoms with Crippen molar-refractivity contribution in [2.24, 2.45) is 4.99 Å². The van der Waals surface area contributed by atoms with Gasteiger partial charge in [0, 0.05) is 31.9 Å². The Balaban J connectivity index is 1.56. The van der Waals surface area contributed by atoms with Crippen LogP contribution in [0.3, 0.4) is 0 Å². The monoisotopic (exact) mass is 425 g/mol. The Morgan fingerprint density at radius 2 is 1.84 bits per heavy atom. The number of aromatic nitrogens is 1. The van der Waals surface area contributed by atoms with Crippen LogP contribution in [0.1, 0.15) is 32.3 Å². The Morgan fingerprint density at radius 1 is 1.10 bits per heavy atom. The van der Waals surface area contributed by atoms with Crippen molar-refractivity contribution in [2.45, 2.75) is 33.2 Å². The predicted molar refractivity (Wildman–Crippen MR) is 121 cm³/mol. The van der Waals surface area contributed by atoms with Gasteiger partial charge in [-0.05, 0) is 62.6 Å². The second-order valence-corrected chi connectivity index (χ2v) is 7.15. The van der Waals surface area contributed by atoms with Gasteiger partial charge in [0.2, 0.25) is 11.8 Å². The minimum absolute atomic E-state index is 0.109.